The molecule has 1 heterocycles. The molecule has 2 aliphatic rings. The number of carbonyl (C=O) groups is 1. The lowest BCUT2D eigenvalue weighted by Crippen LogP contribution is -2.35. The van der Waals surface area contributed by atoms with Gasteiger partial charge >= 0.3 is 0 Å². The third-order valence-corrected chi connectivity index (χ3v) is 6.16. The van der Waals surface area contributed by atoms with Crippen LogP contribution in [0.2, 0.25) is 0 Å². The second-order valence-corrected chi connectivity index (χ2v) is 8.77. The van der Waals surface area contributed by atoms with Gasteiger partial charge in [0.1, 0.15) is 12.4 Å². The van der Waals surface area contributed by atoms with Crippen molar-refractivity contribution in [2.45, 2.75) is 24.2 Å². The van der Waals surface area contributed by atoms with Crippen molar-refractivity contribution in [3.05, 3.63) is 24.3 Å². The number of carbonyl (C=O) groups excluding carboxylic acids is 1. The molecule has 0 aromatic heterocycles. The SMILES string of the molecule is CS(=O)(=O)c1ccc(OCCNC(=O)C2CC23CCNCC3)cc1. The van der Waals surface area contributed by atoms with Crippen molar-refractivity contribution in [1.82, 2.24) is 10.6 Å². The minimum atomic E-state index is -3.19. The van der Waals surface area contributed by atoms with Gasteiger partial charge in [-0.3, -0.25) is 4.79 Å². The van der Waals surface area contributed by atoms with Gasteiger partial charge < -0.3 is 15.4 Å². The minimum absolute atomic E-state index is 0.132. The average Bonchev–Trinajstić information content (AvgIpc) is 3.25. The summed E-state index contributed by atoms with van der Waals surface area (Å²) in [5.74, 6) is 0.888. The predicted molar refractivity (Wildman–Crippen MR) is 90.7 cm³/mol. The molecule has 1 aliphatic heterocycles. The summed E-state index contributed by atoms with van der Waals surface area (Å²) in [6.07, 6.45) is 4.36. The Hall–Kier alpha value is -1.60. The molecule has 1 atom stereocenters. The van der Waals surface area contributed by atoms with Gasteiger partial charge in [0.15, 0.2) is 9.84 Å². The number of nitrogens with one attached hydrogen (secondary N) is 2. The maximum Gasteiger partial charge on any atom is 0.223 e. The summed E-state index contributed by atoms with van der Waals surface area (Å²) in [7, 11) is -3.19. The highest BCUT2D eigenvalue weighted by molar-refractivity contribution is 7.90. The summed E-state index contributed by atoms with van der Waals surface area (Å²) < 4.78 is 28.3. The van der Waals surface area contributed by atoms with E-state index in [1.807, 2.05) is 0 Å². The second-order valence-electron chi connectivity index (χ2n) is 6.75. The van der Waals surface area contributed by atoms with E-state index in [2.05, 4.69) is 10.6 Å². The Balaban J connectivity index is 1.39. The van der Waals surface area contributed by atoms with Crippen LogP contribution in [0.15, 0.2) is 29.2 Å². The van der Waals surface area contributed by atoms with Crippen molar-refractivity contribution in [2.24, 2.45) is 11.3 Å². The Kier molecular flexibility index (Phi) is 4.83. The van der Waals surface area contributed by atoms with Crippen LogP contribution < -0.4 is 15.4 Å². The monoisotopic (exact) mass is 352 g/mol. The molecule has 1 spiro atoms. The molecule has 1 aromatic carbocycles. The highest BCUT2D eigenvalue weighted by atomic mass is 32.2. The fourth-order valence-corrected chi connectivity index (χ4v) is 4.08. The Morgan fingerprint density at radius 3 is 2.58 bits per heavy atom. The maximum absolute atomic E-state index is 12.2. The highest BCUT2D eigenvalue weighted by Crippen LogP contribution is 2.58. The molecular formula is C17H24N2O4S. The first-order valence-corrected chi connectivity index (χ1v) is 10.2. The molecule has 1 saturated carbocycles. The van der Waals surface area contributed by atoms with E-state index in [0.29, 0.717) is 18.9 Å². The van der Waals surface area contributed by atoms with E-state index in [1.54, 1.807) is 12.1 Å². The van der Waals surface area contributed by atoms with Gasteiger partial charge in [0.25, 0.3) is 0 Å². The molecule has 1 unspecified atom stereocenters. The van der Waals surface area contributed by atoms with E-state index in [4.69, 9.17) is 4.74 Å². The molecule has 6 nitrogen and oxygen atoms in total. The molecule has 1 aromatic rings. The number of benzene rings is 1. The highest BCUT2D eigenvalue weighted by Gasteiger charge is 2.57. The standard InChI is InChI=1S/C17H24N2O4S/c1-24(21,22)14-4-2-13(3-5-14)23-11-10-19-16(20)15-12-17(15)6-8-18-9-7-17/h2-5,15,18H,6-12H2,1H3,(H,19,20). The lowest BCUT2D eigenvalue weighted by Gasteiger charge is -2.23. The fraction of sp³-hybridized carbons (Fsp3) is 0.588. The number of ether oxygens (including phenoxy) is 1. The first-order chi connectivity index (χ1) is 11.4. The van der Waals surface area contributed by atoms with E-state index in [1.165, 1.54) is 18.4 Å². The molecule has 2 N–H and O–H groups in total. The van der Waals surface area contributed by atoms with Crippen LogP contribution in [0, 0.1) is 11.3 Å². The Morgan fingerprint density at radius 1 is 1.29 bits per heavy atom. The first-order valence-electron chi connectivity index (χ1n) is 8.32. The molecule has 3 rings (SSSR count). The molecule has 2 fully saturated rings. The van der Waals surface area contributed by atoms with Crippen LogP contribution in [0.5, 0.6) is 5.75 Å². The van der Waals surface area contributed by atoms with Crippen molar-refractivity contribution in [2.75, 3.05) is 32.5 Å². The zero-order chi connectivity index (χ0) is 17.2. The van der Waals surface area contributed by atoms with Gasteiger partial charge in [-0.25, -0.2) is 8.42 Å². The normalized spacial score (nSPS) is 22.1. The summed E-state index contributed by atoms with van der Waals surface area (Å²) >= 11 is 0. The van der Waals surface area contributed by atoms with Crippen molar-refractivity contribution >= 4 is 15.7 Å². The van der Waals surface area contributed by atoms with Crippen LogP contribution in [-0.4, -0.2) is 46.8 Å². The molecular weight excluding hydrogens is 328 g/mol. The maximum atomic E-state index is 12.2. The smallest absolute Gasteiger partial charge is 0.223 e. The summed E-state index contributed by atoms with van der Waals surface area (Å²) in [5.41, 5.74) is 0.248. The Labute approximate surface area is 142 Å². The number of sulfone groups is 1. The van der Waals surface area contributed by atoms with Crippen molar-refractivity contribution in [1.29, 1.82) is 0 Å². The third kappa shape index (κ3) is 3.89. The van der Waals surface area contributed by atoms with Crippen LogP contribution in [0.1, 0.15) is 19.3 Å². The molecule has 1 saturated heterocycles. The van der Waals surface area contributed by atoms with E-state index < -0.39 is 9.84 Å². The van der Waals surface area contributed by atoms with Gasteiger partial charge in [0.2, 0.25) is 5.91 Å². The molecule has 1 amide bonds. The van der Waals surface area contributed by atoms with Gasteiger partial charge in [0, 0.05) is 12.2 Å². The molecule has 24 heavy (non-hydrogen) atoms. The van der Waals surface area contributed by atoms with Gasteiger partial charge in [0.05, 0.1) is 11.4 Å². The van der Waals surface area contributed by atoms with Crippen LogP contribution in [0.4, 0.5) is 0 Å². The van der Waals surface area contributed by atoms with E-state index in [-0.39, 0.29) is 22.1 Å². The van der Waals surface area contributed by atoms with Crippen molar-refractivity contribution in [3.8, 4) is 5.75 Å². The van der Waals surface area contributed by atoms with E-state index in [9.17, 15) is 13.2 Å². The van der Waals surface area contributed by atoms with Crippen LogP contribution in [-0.2, 0) is 14.6 Å². The number of hydrogen-bond donors (Lipinski definition) is 2. The predicted octanol–water partition coefficient (Wildman–Crippen LogP) is 0.975. The molecule has 1 aliphatic carbocycles. The summed E-state index contributed by atoms with van der Waals surface area (Å²) in [6.45, 7) is 2.84. The van der Waals surface area contributed by atoms with Gasteiger partial charge in [-0.05, 0) is 62.0 Å². The summed E-state index contributed by atoms with van der Waals surface area (Å²) in [4.78, 5) is 12.5. The molecule has 0 radical (unpaired) electrons. The number of amides is 1. The molecule has 0 bridgehead atoms. The Bertz CT molecular complexity index is 694. The van der Waals surface area contributed by atoms with Crippen molar-refractivity contribution < 1.29 is 17.9 Å². The van der Waals surface area contributed by atoms with Crippen LogP contribution in [0.3, 0.4) is 0 Å². The fourth-order valence-electron chi connectivity index (χ4n) is 3.45. The third-order valence-electron chi connectivity index (χ3n) is 5.03. The quantitative estimate of drug-likeness (QED) is 0.746. The van der Waals surface area contributed by atoms with E-state index in [0.717, 1.165) is 32.4 Å². The van der Waals surface area contributed by atoms with E-state index >= 15 is 0 Å². The first kappa shape index (κ1) is 17.2. The minimum Gasteiger partial charge on any atom is -0.492 e. The number of rotatable bonds is 6. The molecule has 7 heteroatoms. The molecule has 132 valence electrons. The number of piperidine rings is 1. The van der Waals surface area contributed by atoms with Gasteiger partial charge in [-0.1, -0.05) is 0 Å². The lowest BCUT2D eigenvalue weighted by atomic mass is 9.92. The van der Waals surface area contributed by atoms with Crippen molar-refractivity contribution in [3.63, 3.8) is 0 Å². The lowest BCUT2D eigenvalue weighted by molar-refractivity contribution is -0.123. The largest absolute Gasteiger partial charge is 0.492 e. The Morgan fingerprint density at radius 2 is 1.96 bits per heavy atom. The summed E-state index contributed by atoms with van der Waals surface area (Å²) in [6, 6.07) is 6.30. The second kappa shape index (κ2) is 6.72. The zero-order valence-corrected chi connectivity index (χ0v) is 14.7. The average molecular weight is 352 g/mol. The zero-order valence-electron chi connectivity index (χ0n) is 13.9. The van der Waals surface area contributed by atoms with Crippen LogP contribution >= 0.6 is 0 Å². The summed E-state index contributed by atoms with van der Waals surface area (Å²) in [5, 5.41) is 6.28. The number of hydrogen-bond acceptors (Lipinski definition) is 5. The topological polar surface area (TPSA) is 84.5 Å². The van der Waals surface area contributed by atoms with Gasteiger partial charge in [-0.15, -0.1) is 0 Å². The van der Waals surface area contributed by atoms with Gasteiger partial charge in [-0.2, -0.15) is 0 Å². The van der Waals surface area contributed by atoms with Crippen LogP contribution in [0.25, 0.3) is 0 Å².